The zero-order valence-corrected chi connectivity index (χ0v) is 19.4. The molecule has 0 radical (unpaired) electrons. The fraction of sp³-hybridized carbons (Fsp3) is 0.360. The molecule has 0 saturated carbocycles. The van der Waals surface area contributed by atoms with E-state index in [2.05, 4.69) is 64.8 Å². The summed E-state index contributed by atoms with van der Waals surface area (Å²) >= 11 is 5.78. The van der Waals surface area contributed by atoms with Gasteiger partial charge < -0.3 is 19.5 Å². The number of rotatable bonds is 7. The highest BCUT2D eigenvalue weighted by molar-refractivity contribution is 7.80. The topological polar surface area (TPSA) is 42.3 Å². The van der Waals surface area contributed by atoms with E-state index in [0.717, 1.165) is 41.6 Å². The minimum absolute atomic E-state index is 0.0183. The summed E-state index contributed by atoms with van der Waals surface area (Å²) in [5, 5.41) is 4.36. The second-order valence-electron chi connectivity index (χ2n) is 8.04. The van der Waals surface area contributed by atoms with Crippen LogP contribution < -0.4 is 10.1 Å². The monoisotopic (exact) mass is 434 g/mol. The number of aryl methyl sites for hydroxylation is 1. The van der Waals surface area contributed by atoms with E-state index in [0.29, 0.717) is 0 Å². The summed E-state index contributed by atoms with van der Waals surface area (Å²) < 4.78 is 7.75. The van der Waals surface area contributed by atoms with Gasteiger partial charge in [0.1, 0.15) is 5.75 Å². The molecule has 5 nitrogen and oxygen atoms in total. The van der Waals surface area contributed by atoms with Crippen molar-refractivity contribution in [3.05, 3.63) is 77.4 Å². The number of unbranched alkanes of at least 4 members (excludes halogenated alkanes) is 1. The lowest BCUT2D eigenvalue weighted by molar-refractivity contribution is 0.312. The Morgan fingerprint density at radius 1 is 1.13 bits per heavy atom. The fourth-order valence-corrected chi connectivity index (χ4v) is 4.88. The molecule has 3 aromatic rings. The van der Waals surface area contributed by atoms with Gasteiger partial charge in [-0.15, -0.1) is 0 Å². The van der Waals surface area contributed by atoms with Gasteiger partial charge in [-0.05, 0) is 68.4 Å². The first-order valence-electron chi connectivity index (χ1n) is 10.9. The highest BCUT2D eigenvalue weighted by Crippen LogP contribution is 2.41. The van der Waals surface area contributed by atoms with Gasteiger partial charge >= 0.3 is 0 Å². The number of hydrogen-bond acceptors (Lipinski definition) is 3. The second kappa shape index (κ2) is 9.10. The highest BCUT2D eigenvalue weighted by Gasteiger charge is 2.41. The van der Waals surface area contributed by atoms with E-state index in [1.165, 1.54) is 17.0 Å². The van der Waals surface area contributed by atoms with Crippen molar-refractivity contribution in [2.45, 2.75) is 45.7 Å². The van der Waals surface area contributed by atoms with Crippen LogP contribution in [0.25, 0.3) is 5.69 Å². The second-order valence-corrected chi connectivity index (χ2v) is 8.42. The highest BCUT2D eigenvalue weighted by atomic mass is 32.1. The van der Waals surface area contributed by atoms with Crippen molar-refractivity contribution in [2.75, 3.05) is 13.7 Å². The number of pyridine rings is 1. The maximum atomic E-state index is 5.78. The van der Waals surface area contributed by atoms with Gasteiger partial charge in [0.15, 0.2) is 5.11 Å². The third-order valence-corrected chi connectivity index (χ3v) is 6.40. The summed E-state index contributed by atoms with van der Waals surface area (Å²) in [4.78, 5) is 7.00. The molecule has 0 aliphatic carbocycles. The number of hydrogen-bond donors (Lipinski definition) is 1. The Bertz CT molecular complexity index is 1060. The molecule has 31 heavy (non-hydrogen) atoms. The average molecular weight is 435 g/mol. The Hall–Kier alpha value is -2.86. The molecule has 0 bridgehead atoms. The minimum Gasteiger partial charge on any atom is -0.497 e. The molecule has 6 heteroatoms. The number of ether oxygens (including phenoxy) is 1. The molecule has 0 amide bonds. The van der Waals surface area contributed by atoms with Crippen LogP contribution in [0.5, 0.6) is 5.75 Å². The molecule has 1 aliphatic rings. The van der Waals surface area contributed by atoms with E-state index in [1.54, 1.807) is 7.11 Å². The first kappa shape index (κ1) is 21.4. The van der Waals surface area contributed by atoms with Crippen LogP contribution in [0.2, 0.25) is 0 Å². The standard InChI is InChI=1S/C25H30N4OS/c1-5-6-14-28-24(23(27-25(28)31)22-12-7-8-13-26-22)21-15-17(2)29(18(21)3)19-10-9-11-20(16-19)30-4/h7-13,15-16,23-24H,5-6,14H2,1-4H3,(H,27,31)/t23-,24+/m1/s1. The fourth-order valence-electron chi connectivity index (χ4n) is 4.55. The van der Waals surface area contributed by atoms with Gasteiger partial charge in [-0.3, -0.25) is 4.98 Å². The summed E-state index contributed by atoms with van der Waals surface area (Å²) in [7, 11) is 1.70. The summed E-state index contributed by atoms with van der Waals surface area (Å²) in [6.07, 6.45) is 4.08. The number of benzene rings is 1. The SMILES string of the molecule is CCCCN1C(=S)N[C@H](c2ccccn2)[C@@H]1c1cc(C)n(-c2cccc(OC)c2)c1C. The molecule has 1 aliphatic heterocycles. The number of nitrogens with one attached hydrogen (secondary N) is 1. The lowest BCUT2D eigenvalue weighted by Gasteiger charge is -2.28. The molecule has 0 unspecified atom stereocenters. The molecule has 3 heterocycles. The van der Waals surface area contributed by atoms with Crippen molar-refractivity contribution in [3.8, 4) is 11.4 Å². The predicted octanol–water partition coefficient (Wildman–Crippen LogP) is 5.27. The van der Waals surface area contributed by atoms with Crippen LogP contribution in [-0.2, 0) is 0 Å². The zero-order chi connectivity index (χ0) is 22.0. The van der Waals surface area contributed by atoms with E-state index < -0.39 is 0 Å². The van der Waals surface area contributed by atoms with Gasteiger partial charge in [0, 0.05) is 35.9 Å². The van der Waals surface area contributed by atoms with Gasteiger partial charge in [-0.2, -0.15) is 0 Å². The number of aromatic nitrogens is 2. The third-order valence-electron chi connectivity index (χ3n) is 6.05. The average Bonchev–Trinajstić information content (AvgIpc) is 3.27. The van der Waals surface area contributed by atoms with Gasteiger partial charge in [0.05, 0.1) is 24.9 Å². The lowest BCUT2D eigenvalue weighted by atomic mass is 9.96. The lowest BCUT2D eigenvalue weighted by Crippen LogP contribution is -2.30. The van der Waals surface area contributed by atoms with Gasteiger partial charge in [-0.1, -0.05) is 25.5 Å². The Morgan fingerprint density at radius 2 is 1.97 bits per heavy atom. The smallest absolute Gasteiger partial charge is 0.170 e. The van der Waals surface area contributed by atoms with E-state index in [4.69, 9.17) is 17.0 Å². The Morgan fingerprint density at radius 3 is 2.68 bits per heavy atom. The molecule has 1 saturated heterocycles. The maximum Gasteiger partial charge on any atom is 0.170 e. The normalized spacial score (nSPS) is 18.3. The van der Waals surface area contributed by atoms with Crippen LogP contribution in [-0.4, -0.2) is 33.2 Å². The Kier molecular flexibility index (Phi) is 6.28. The number of nitrogens with zero attached hydrogens (tertiary/aromatic N) is 3. The summed E-state index contributed by atoms with van der Waals surface area (Å²) in [5.41, 5.74) is 5.79. The molecule has 4 rings (SSSR count). The maximum absolute atomic E-state index is 5.78. The number of thiocarbonyl (C=S) groups is 1. The first-order chi connectivity index (χ1) is 15.0. The van der Waals surface area contributed by atoms with Crippen LogP contribution in [0.15, 0.2) is 54.7 Å². The van der Waals surface area contributed by atoms with E-state index in [9.17, 15) is 0 Å². The summed E-state index contributed by atoms with van der Waals surface area (Å²) in [5.74, 6) is 0.853. The van der Waals surface area contributed by atoms with E-state index in [-0.39, 0.29) is 12.1 Å². The zero-order valence-electron chi connectivity index (χ0n) is 18.6. The largest absolute Gasteiger partial charge is 0.497 e. The predicted molar refractivity (Wildman–Crippen MR) is 129 cm³/mol. The van der Waals surface area contributed by atoms with Gasteiger partial charge in [0.25, 0.3) is 0 Å². The first-order valence-corrected chi connectivity index (χ1v) is 11.3. The van der Waals surface area contributed by atoms with Crippen LogP contribution >= 0.6 is 12.2 Å². The molecule has 2 atom stereocenters. The van der Waals surface area contributed by atoms with E-state index in [1.807, 2.05) is 30.5 Å². The van der Waals surface area contributed by atoms with Crippen molar-refractivity contribution in [2.24, 2.45) is 0 Å². The van der Waals surface area contributed by atoms with Gasteiger partial charge in [0.2, 0.25) is 0 Å². The van der Waals surface area contributed by atoms with E-state index >= 15 is 0 Å². The molecule has 1 N–H and O–H groups in total. The van der Waals surface area contributed by atoms with Crippen LogP contribution in [0.4, 0.5) is 0 Å². The van der Waals surface area contributed by atoms with Crippen molar-refractivity contribution in [1.29, 1.82) is 0 Å². The number of methoxy groups -OCH3 is 1. The van der Waals surface area contributed by atoms with Crippen LogP contribution in [0.3, 0.4) is 0 Å². The van der Waals surface area contributed by atoms with Crippen molar-refractivity contribution >= 4 is 17.3 Å². The minimum atomic E-state index is 0.0183. The van der Waals surface area contributed by atoms with Crippen molar-refractivity contribution < 1.29 is 4.74 Å². The molecule has 2 aromatic heterocycles. The summed E-state index contributed by atoms with van der Waals surface area (Å²) in [6, 6.07) is 16.7. The van der Waals surface area contributed by atoms with Crippen molar-refractivity contribution in [3.63, 3.8) is 0 Å². The van der Waals surface area contributed by atoms with Crippen LogP contribution in [0.1, 0.15) is 54.5 Å². The summed E-state index contributed by atoms with van der Waals surface area (Å²) in [6.45, 7) is 7.49. The van der Waals surface area contributed by atoms with Crippen LogP contribution in [0, 0.1) is 13.8 Å². The Labute approximate surface area is 190 Å². The van der Waals surface area contributed by atoms with Crippen molar-refractivity contribution in [1.82, 2.24) is 19.8 Å². The quantitative estimate of drug-likeness (QED) is 0.513. The molecule has 162 valence electrons. The molecular weight excluding hydrogens is 404 g/mol. The molecule has 1 aromatic carbocycles. The molecular formula is C25H30N4OS. The molecule has 1 fully saturated rings. The van der Waals surface area contributed by atoms with Gasteiger partial charge in [-0.25, -0.2) is 0 Å². The Balaban J connectivity index is 1.81. The molecule has 0 spiro atoms. The third kappa shape index (κ3) is 4.04.